The molecule has 0 aliphatic rings. The molecule has 0 radical (unpaired) electrons. The quantitative estimate of drug-likeness (QED) is 0.789. The molecule has 0 bridgehead atoms. The van der Waals surface area contributed by atoms with Gasteiger partial charge in [0.2, 0.25) is 0 Å². The minimum atomic E-state index is -0.218. The summed E-state index contributed by atoms with van der Waals surface area (Å²) in [6.07, 6.45) is 0.690. The van der Waals surface area contributed by atoms with Gasteiger partial charge in [0.1, 0.15) is 15.8 Å². The van der Waals surface area contributed by atoms with Crippen LogP contribution in [-0.2, 0) is 17.7 Å². The number of halogens is 1. The summed E-state index contributed by atoms with van der Waals surface area (Å²) in [6, 6.07) is 6.47. The van der Waals surface area contributed by atoms with Gasteiger partial charge in [-0.25, -0.2) is 4.39 Å². The molecule has 2 rings (SSSR count). The van der Waals surface area contributed by atoms with E-state index in [0.717, 1.165) is 22.1 Å². The van der Waals surface area contributed by atoms with Crippen LogP contribution in [0.2, 0.25) is 0 Å². The van der Waals surface area contributed by atoms with Gasteiger partial charge in [-0.3, -0.25) is 0 Å². The highest BCUT2D eigenvalue weighted by atomic mass is 32.1. The van der Waals surface area contributed by atoms with Crippen molar-refractivity contribution >= 4 is 11.3 Å². The van der Waals surface area contributed by atoms with Crippen molar-refractivity contribution < 1.29 is 9.13 Å². The number of hydrogen-bond acceptors (Lipinski definition) is 5. The second kappa shape index (κ2) is 7.28. The van der Waals surface area contributed by atoms with Crippen molar-refractivity contribution in [2.75, 3.05) is 20.3 Å². The molecule has 1 heterocycles. The zero-order chi connectivity index (χ0) is 13.5. The molecule has 0 saturated carbocycles. The van der Waals surface area contributed by atoms with Crippen LogP contribution in [-0.4, -0.2) is 30.5 Å². The number of ether oxygens (including phenoxy) is 1. The number of methoxy groups -OCH3 is 1. The van der Waals surface area contributed by atoms with E-state index in [1.807, 2.05) is 0 Å². The molecule has 0 amide bonds. The number of nitrogens with one attached hydrogen (secondary N) is 1. The van der Waals surface area contributed by atoms with Crippen molar-refractivity contribution in [2.45, 2.75) is 13.0 Å². The highest BCUT2D eigenvalue weighted by Gasteiger charge is 2.05. The zero-order valence-corrected chi connectivity index (χ0v) is 11.5. The van der Waals surface area contributed by atoms with Gasteiger partial charge in [0.25, 0.3) is 0 Å². The zero-order valence-electron chi connectivity index (χ0n) is 10.7. The number of rotatable bonds is 7. The summed E-state index contributed by atoms with van der Waals surface area (Å²) < 4.78 is 17.7. The van der Waals surface area contributed by atoms with Crippen molar-refractivity contribution in [3.8, 4) is 0 Å². The first kappa shape index (κ1) is 14.0. The Kier molecular flexibility index (Phi) is 5.38. The predicted octanol–water partition coefficient (Wildman–Crippen LogP) is 2.00. The van der Waals surface area contributed by atoms with E-state index in [1.54, 1.807) is 30.6 Å². The van der Waals surface area contributed by atoms with Crippen molar-refractivity contribution in [3.63, 3.8) is 0 Å². The Hall–Kier alpha value is -1.37. The molecule has 1 aromatic carbocycles. The molecule has 4 nitrogen and oxygen atoms in total. The fraction of sp³-hybridized carbons (Fsp3) is 0.385. The van der Waals surface area contributed by atoms with Gasteiger partial charge in [0, 0.05) is 26.6 Å². The van der Waals surface area contributed by atoms with E-state index < -0.39 is 0 Å². The Morgan fingerprint density at radius 2 is 1.95 bits per heavy atom. The first-order valence-electron chi connectivity index (χ1n) is 6.03. The smallest absolute Gasteiger partial charge is 0.131 e. The lowest BCUT2D eigenvalue weighted by Crippen LogP contribution is -2.18. The lowest BCUT2D eigenvalue weighted by atomic mass is 10.2. The summed E-state index contributed by atoms with van der Waals surface area (Å²) in [5.74, 6) is -0.218. The summed E-state index contributed by atoms with van der Waals surface area (Å²) in [5, 5.41) is 13.4. The van der Waals surface area contributed by atoms with Gasteiger partial charge in [0.05, 0.1) is 6.61 Å². The molecule has 102 valence electrons. The van der Waals surface area contributed by atoms with Gasteiger partial charge in [0.15, 0.2) is 0 Å². The molecule has 0 aliphatic heterocycles. The molecule has 0 spiro atoms. The van der Waals surface area contributed by atoms with Crippen molar-refractivity contribution in [2.24, 2.45) is 0 Å². The highest BCUT2D eigenvalue weighted by molar-refractivity contribution is 7.11. The normalized spacial score (nSPS) is 10.8. The summed E-state index contributed by atoms with van der Waals surface area (Å²) in [5.41, 5.74) is 1.04. The van der Waals surface area contributed by atoms with E-state index in [2.05, 4.69) is 15.5 Å². The van der Waals surface area contributed by atoms with E-state index in [1.165, 1.54) is 12.1 Å². The van der Waals surface area contributed by atoms with E-state index in [0.29, 0.717) is 19.6 Å². The molecule has 0 aliphatic carbocycles. The van der Waals surface area contributed by atoms with Gasteiger partial charge in [-0.05, 0) is 17.7 Å². The molecule has 1 aromatic heterocycles. The van der Waals surface area contributed by atoms with Crippen LogP contribution in [0.15, 0.2) is 24.3 Å². The van der Waals surface area contributed by atoms with E-state index in [4.69, 9.17) is 4.74 Å². The maximum atomic E-state index is 12.8. The number of aromatic nitrogens is 2. The predicted molar refractivity (Wildman–Crippen MR) is 72.7 cm³/mol. The molecule has 1 N–H and O–H groups in total. The third kappa shape index (κ3) is 4.66. The lowest BCUT2D eigenvalue weighted by molar-refractivity contribution is 0.199. The van der Waals surface area contributed by atoms with Crippen LogP contribution in [0.25, 0.3) is 0 Å². The average Bonchev–Trinajstić information content (AvgIpc) is 2.85. The van der Waals surface area contributed by atoms with E-state index in [9.17, 15) is 4.39 Å². The van der Waals surface area contributed by atoms with Crippen molar-refractivity contribution in [1.82, 2.24) is 15.5 Å². The minimum Gasteiger partial charge on any atom is -0.383 e. The molecule has 19 heavy (non-hydrogen) atoms. The Balaban J connectivity index is 1.85. The molecule has 0 atom stereocenters. The Bertz CT molecular complexity index is 501. The third-order valence-electron chi connectivity index (χ3n) is 2.54. The molecular weight excluding hydrogens is 265 g/mol. The van der Waals surface area contributed by atoms with Crippen LogP contribution in [0.4, 0.5) is 4.39 Å². The minimum absolute atomic E-state index is 0.218. The van der Waals surface area contributed by atoms with E-state index in [-0.39, 0.29) is 5.82 Å². The maximum absolute atomic E-state index is 12.8. The SMILES string of the molecule is COCCNCc1nnc(Cc2ccc(F)cc2)s1. The van der Waals surface area contributed by atoms with Crippen LogP contribution < -0.4 is 5.32 Å². The highest BCUT2D eigenvalue weighted by Crippen LogP contribution is 2.14. The molecular formula is C13H16FN3OS. The number of benzene rings is 1. The van der Waals surface area contributed by atoms with Crippen LogP contribution in [0.3, 0.4) is 0 Å². The number of nitrogens with zero attached hydrogens (tertiary/aromatic N) is 2. The lowest BCUT2D eigenvalue weighted by Gasteiger charge is -1.99. The first-order valence-corrected chi connectivity index (χ1v) is 6.85. The maximum Gasteiger partial charge on any atom is 0.131 e. The molecule has 6 heteroatoms. The summed E-state index contributed by atoms with van der Waals surface area (Å²) in [7, 11) is 1.67. The Morgan fingerprint density at radius 1 is 1.21 bits per heavy atom. The summed E-state index contributed by atoms with van der Waals surface area (Å²) >= 11 is 1.57. The topological polar surface area (TPSA) is 47.0 Å². The fourth-order valence-electron chi connectivity index (χ4n) is 1.58. The van der Waals surface area contributed by atoms with Crippen LogP contribution in [0, 0.1) is 5.82 Å². The number of hydrogen-bond donors (Lipinski definition) is 1. The summed E-state index contributed by atoms with van der Waals surface area (Å²) in [6.45, 7) is 2.18. The molecule has 0 fully saturated rings. The van der Waals surface area contributed by atoms with Crippen LogP contribution >= 0.6 is 11.3 Å². The first-order chi connectivity index (χ1) is 9.28. The standard InChI is InChI=1S/C13H16FN3OS/c1-18-7-6-15-9-13-17-16-12(19-13)8-10-2-4-11(14)5-3-10/h2-5,15H,6-9H2,1H3. The molecule has 2 aromatic rings. The monoisotopic (exact) mass is 281 g/mol. The fourth-order valence-corrected chi connectivity index (χ4v) is 2.43. The van der Waals surface area contributed by atoms with Crippen LogP contribution in [0.1, 0.15) is 15.6 Å². The van der Waals surface area contributed by atoms with E-state index >= 15 is 0 Å². The Morgan fingerprint density at radius 3 is 2.68 bits per heavy atom. The molecule has 0 saturated heterocycles. The summed E-state index contributed by atoms with van der Waals surface area (Å²) in [4.78, 5) is 0. The second-order valence-electron chi connectivity index (χ2n) is 4.06. The van der Waals surface area contributed by atoms with Gasteiger partial charge in [-0.1, -0.05) is 23.5 Å². The van der Waals surface area contributed by atoms with Crippen LogP contribution in [0.5, 0.6) is 0 Å². The third-order valence-corrected chi connectivity index (χ3v) is 3.46. The van der Waals surface area contributed by atoms with Crippen molar-refractivity contribution in [3.05, 3.63) is 45.7 Å². The van der Waals surface area contributed by atoms with Crippen molar-refractivity contribution in [1.29, 1.82) is 0 Å². The second-order valence-corrected chi connectivity index (χ2v) is 5.21. The largest absolute Gasteiger partial charge is 0.383 e. The van der Waals surface area contributed by atoms with Gasteiger partial charge < -0.3 is 10.1 Å². The van der Waals surface area contributed by atoms with Gasteiger partial charge in [-0.2, -0.15) is 0 Å². The Labute approximate surface area is 115 Å². The van der Waals surface area contributed by atoms with Gasteiger partial charge >= 0.3 is 0 Å². The molecule has 0 unspecified atom stereocenters. The average molecular weight is 281 g/mol. The van der Waals surface area contributed by atoms with Gasteiger partial charge in [-0.15, -0.1) is 10.2 Å².